The van der Waals surface area contributed by atoms with Gasteiger partial charge >= 0.3 is 5.97 Å². The van der Waals surface area contributed by atoms with Gasteiger partial charge in [-0.25, -0.2) is 4.68 Å². The molecule has 0 bridgehead atoms. The van der Waals surface area contributed by atoms with Gasteiger partial charge in [0.05, 0.1) is 30.6 Å². The second-order valence-corrected chi connectivity index (χ2v) is 5.27. The number of hydrogen-bond donors (Lipinski definition) is 1. The lowest BCUT2D eigenvalue weighted by atomic mass is 10.1. The van der Waals surface area contributed by atoms with E-state index in [0.29, 0.717) is 6.42 Å². The summed E-state index contributed by atoms with van der Waals surface area (Å²) in [6.07, 6.45) is 3.90. The number of carboxylic acids is 1. The number of benzene rings is 1. The number of methoxy groups -OCH3 is 1. The lowest BCUT2D eigenvalue weighted by molar-refractivity contribution is -0.136. The SMILES string of the molecule is COc1ccc(-n2nc(CCC(=O)O)cc2-c2cccnc2)cc1.Cl. The van der Waals surface area contributed by atoms with Crippen molar-refractivity contribution < 1.29 is 14.6 Å². The van der Waals surface area contributed by atoms with Crippen LogP contribution in [0.25, 0.3) is 16.9 Å². The van der Waals surface area contributed by atoms with Crippen LogP contribution in [0.15, 0.2) is 54.9 Å². The molecule has 6 nitrogen and oxygen atoms in total. The van der Waals surface area contributed by atoms with Gasteiger partial charge in [0.2, 0.25) is 0 Å². The van der Waals surface area contributed by atoms with Crippen LogP contribution < -0.4 is 4.74 Å². The number of carboxylic acid groups (broad SMARTS) is 1. The molecule has 0 radical (unpaired) electrons. The molecule has 0 aliphatic heterocycles. The summed E-state index contributed by atoms with van der Waals surface area (Å²) in [6.45, 7) is 0. The summed E-state index contributed by atoms with van der Waals surface area (Å²) < 4.78 is 6.98. The van der Waals surface area contributed by atoms with Crippen LogP contribution in [0.2, 0.25) is 0 Å². The van der Waals surface area contributed by atoms with Crippen LogP contribution >= 0.6 is 12.4 Å². The van der Waals surface area contributed by atoms with E-state index in [1.165, 1.54) is 0 Å². The minimum absolute atomic E-state index is 0. The van der Waals surface area contributed by atoms with E-state index in [1.807, 2.05) is 42.5 Å². The highest BCUT2D eigenvalue weighted by atomic mass is 35.5. The van der Waals surface area contributed by atoms with Gasteiger partial charge in [0.15, 0.2) is 0 Å². The lowest BCUT2D eigenvalue weighted by Gasteiger charge is -2.08. The van der Waals surface area contributed by atoms with Gasteiger partial charge in [-0.3, -0.25) is 9.78 Å². The molecule has 0 saturated heterocycles. The number of hydrogen-bond acceptors (Lipinski definition) is 4. The van der Waals surface area contributed by atoms with Crippen molar-refractivity contribution in [3.8, 4) is 22.7 Å². The number of aromatic nitrogens is 3. The molecule has 2 heterocycles. The summed E-state index contributed by atoms with van der Waals surface area (Å²) in [5.74, 6) is -0.0724. The number of aliphatic carboxylic acids is 1. The van der Waals surface area contributed by atoms with Crippen molar-refractivity contribution >= 4 is 18.4 Å². The Hall–Kier alpha value is -2.86. The molecule has 0 amide bonds. The number of ether oxygens (including phenoxy) is 1. The quantitative estimate of drug-likeness (QED) is 0.730. The molecule has 0 saturated carbocycles. The molecule has 0 spiro atoms. The van der Waals surface area contributed by atoms with Crippen LogP contribution in [0.4, 0.5) is 0 Å². The Morgan fingerprint density at radius 2 is 2.00 bits per heavy atom. The third-order valence-corrected chi connectivity index (χ3v) is 3.63. The van der Waals surface area contributed by atoms with Gasteiger partial charge in [0.1, 0.15) is 5.75 Å². The normalized spacial score (nSPS) is 10.1. The monoisotopic (exact) mass is 359 g/mol. The third kappa shape index (κ3) is 4.36. The number of pyridine rings is 1. The Labute approximate surface area is 151 Å². The maximum Gasteiger partial charge on any atom is 0.303 e. The number of aryl methyl sites for hydroxylation is 1. The van der Waals surface area contributed by atoms with E-state index >= 15 is 0 Å². The number of rotatable bonds is 6. The van der Waals surface area contributed by atoms with Crippen molar-refractivity contribution in [1.29, 1.82) is 0 Å². The van der Waals surface area contributed by atoms with Crippen LogP contribution in [0.5, 0.6) is 5.75 Å². The van der Waals surface area contributed by atoms with Gasteiger partial charge in [-0.15, -0.1) is 12.4 Å². The van der Waals surface area contributed by atoms with Crippen molar-refractivity contribution in [2.75, 3.05) is 7.11 Å². The lowest BCUT2D eigenvalue weighted by Crippen LogP contribution is -2.01. The first-order chi connectivity index (χ1) is 11.7. The maximum absolute atomic E-state index is 10.8. The second-order valence-electron chi connectivity index (χ2n) is 5.27. The third-order valence-electron chi connectivity index (χ3n) is 3.63. The molecule has 2 aromatic heterocycles. The first kappa shape index (κ1) is 18.5. The largest absolute Gasteiger partial charge is 0.497 e. The molecule has 0 aliphatic rings. The molecule has 0 aliphatic carbocycles. The Bertz CT molecular complexity index is 833. The van der Waals surface area contributed by atoms with E-state index in [1.54, 1.807) is 24.2 Å². The summed E-state index contributed by atoms with van der Waals surface area (Å²) >= 11 is 0. The molecular weight excluding hydrogens is 342 g/mol. The van der Waals surface area contributed by atoms with E-state index in [4.69, 9.17) is 9.84 Å². The highest BCUT2D eigenvalue weighted by molar-refractivity contribution is 5.85. The average molecular weight is 360 g/mol. The number of nitrogens with zero attached hydrogens (tertiary/aromatic N) is 3. The zero-order chi connectivity index (χ0) is 16.9. The number of carbonyl (C=O) groups is 1. The first-order valence-corrected chi connectivity index (χ1v) is 7.53. The Kier molecular flexibility index (Phi) is 6.14. The van der Waals surface area contributed by atoms with Crippen molar-refractivity contribution in [2.24, 2.45) is 0 Å². The molecule has 1 aromatic carbocycles. The van der Waals surface area contributed by atoms with Gasteiger partial charge in [-0.1, -0.05) is 0 Å². The van der Waals surface area contributed by atoms with E-state index < -0.39 is 5.97 Å². The van der Waals surface area contributed by atoms with Gasteiger partial charge in [0.25, 0.3) is 0 Å². The van der Waals surface area contributed by atoms with Gasteiger partial charge in [0, 0.05) is 24.4 Å². The highest BCUT2D eigenvalue weighted by Gasteiger charge is 2.13. The first-order valence-electron chi connectivity index (χ1n) is 7.53. The summed E-state index contributed by atoms with van der Waals surface area (Å²) in [7, 11) is 1.62. The van der Waals surface area contributed by atoms with Crippen LogP contribution in [-0.4, -0.2) is 33.0 Å². The molecule has 7 heteroatoms. The van der Waals surface area contributed by atoms with Crippen molar-refractivity contribution in [2.45, 2.75) is 12.8 Å². The van der Waals surface area contributed by atoms with Crippen molar-refractivity contribution in [1.82, 2.24) is 14.8 Å². The van der Waals surface area contributed by atoms with E-state index in [9.17, 15) is 4.79 Å². The molecule has 0 unspecified atom stereocenters. The van der Waals surface area contributed by atoms with Crippen LogP contribution in [0, 0.1) is 0 Å². The van der Waals surface area contributed by atoms with Crippen LogP contribution in [0.1, 0.15) is 12.1 Å². The van der Waals surface area contributed by atoms with Crippen molar-refractivity contribution in [3.63, 3.8) is 0 Å². The standard InChI is InChI=1S/C18H17N3O3.ClH/c1-24-16-7-5-15(6-8-16)21-17(13-3-2-10-19-12-13)11-14(20-21)4-9-18(22)23;/h2-3,5-8,10-12H,4,9H2,1H3,(H,22,23);1H. The van der Waals surface area contributed by atoms with E-state index in [0.717, 1.165) is 28.4 Å². The van der Waals surface area contributed by atoms with Crippen LogP contribution in [0.3, 0.4) is 0 Å². The summed E-state index contributed by atoms with van der Waals surface area (Å²) in [4.78, 5) is 15.0. The summed E-state index contributed by atoms with van der Waals surface area (Å²) in [5, 5.41) is 13.5. The predicted molar refractivity (Wildman–Crippen MR) is 96.6 cm³/mol. The summed E-state index contributed by atoms with van der Waals surface area (Å²) in [5.41, 5.74) is 3.39. The smallest absolute Gasteiger partial charge is 0.303 e. The fraction of sp³-hybridized carbons (Fsp3) is 0.167. The van der Waals surface area contributed by atoms with E-state index in [-0.39, 0.29) is 18.8 Å². The molecule has 3 aromatic rings. The molecule has 25 heavy (non-hydrogen) atoms. The van der Waals surface area contributed by atoms with Gasteiger partial charge < -0.3 is 9.84 Å². The summed E-state index contributed by atoms with van der Waals surface area (Å²) in [6, 6.07) is 13.3. The molecule has 3 rings (SSSR count). The topological polar surface area (TPSA) is 77.2 Å². The fourth-order valence-corrected chi connectivity index (χ4v) is 2.43. The fourth-order valence-electron chi connectivity index (χ4n) is 2.43. The number of halogens is 1. The minimum atomic E-state index is -0.836. The maximum atomic E-state index is 10.8. The van der Waals surface area contributed by atoms with Gasteiger partial charge in [-0.05, 0) is 42.5 Å². The van der Waals surface area contributed by atoms with E-state index in [2.05, 4.69) is 10.1 Å². The molecule has 0 atom stereocenters. The zero-order valence-corrected chi connectivity index (χ0v) is 14.4. The van der Waals surface area contributed by atoms with Crippen LogP contribution in [-0.2, 0) is 11.2 Å². The van der Waals surface area contributed by atoms with Crippen molar-refractivity contribution in [3.05, 3.63) is 60.6 Å². The average Bonchev–Trinajstić information content (AvgIpc) is 3.05. The molecule has 0 fully saturated rings. The molecule has 1 N–H and O–H groups in total. The Morgan fingerprint density at radius 1 is 1.24 bits per heavy atom. The Morgan fingerprint density at radius 3 is 2.60 bits per heavy atom. The minimum Gasteiger partial charge on any atom is -0.497 e. The second kappa shape index (κ2) is 8.30. The Balaban J connectivity index is 0.00000225. The molecule has 130 valence electrons. The highest BCUT2D eigenvalue weighted by Crippen LogP contribution is 2.25. The predicted octanol–water partition coefficient (Wildman–Crippen LogP) is 3.38. The zero-order valence-electron chi connectivity index (χ0n) is 13.6. The van der Waals surface area contributed by atoms with Gasteiger partial charge in [-0.2, -0.15) is 5.10 Å². The molecular formula is C18H18ClN3O3.